The van der Waals surface area contributed by atoms with E-state index in [1.54, 1.807) is 24.3 Å². The summed E-state index contributed by atoms with van der Waals surface area (Å²) < 4.78 is 0. The molecule has 94 valence electrons. The Bertz CT molecular complexity index is 677. The molecule has 0 aliphatic rings. The average molecular weight is 273 g/mol. The molecule has 2 aromatic rings. The number of nitrogens with one attached hydrogen (secondary N) is 1. The predicted octanol–water partition coefficient (Wildman–Crippen LogP) is 3.17. The highest BCUT2D eigenvalue weighted by Gasteiger charge is 2.08. The number of nitrogens with zero attached hydrogens (tertiary/aromatic N) is 1. The van der Waals surface area contributed by atoms with Crippen LogP contribution >= 0.6 is 11.6 Å². The molecule has 19 heavy (non-hydrogen) atoms. The van der Waals surface area contributed by atoms with Crippen LogP contribution in [-0.2, 0) is 0 Å². The van der Waals surface area contributed by atoms with Crippen LogP contribution in [0.5, 0.6) is 5.75 Å². The molecule has 2 aromatic carbocycles. The molecule has 0 aliphatic carbocycles. The topological polar surface area (TPSA) is 73.1 Å². The van der Waals surface area contributed by atoms with E-state index in [0.717, 1.165) is 0 Å². The van der Waals surface area contributed by atoms with Gasteiger partial charge in [-0.2, -0.15) is 5.26 Å². The fourth-order valence-electron chi connectivity index (χ4n) is 1.52. The van der Waals surface area contributed by atoms with Gasteiger partial charge in [0.05, 0.1) is 16.7 Å². The zero-order valence-corrected chi connectivity index (χ0v) is 10.5. The SMILES string of the molecule is N#Cc1cccc(NC(=O)c2ccc(O)c(Cl)c2)c1. The minimum Gasteiger partial charge on any atom is -0.506 e. The highest BCUT2D eigenvalue weighted by molar-refractivity contribution is 6.32. The predicted molar refractivity (Wildman–Crippen MR) is 72.2 cm³/mol. The quantitative estimate of drug-likeness (QED) is 0.882. The number of carbonyl (C=O) groups is 1. The summed E-state index contributed by atoms with van der Waals surface area (Å²) in [6, 6.07) is 12.8. The van der Waals surface area contributed by atoms with E-state index in [9.17, 15) is 9.90 Å². The van der Waals surface area contributed by atoms with Crippen molar-refractivity contribution in [2.45, 2.75) is 0 Å². The molecular formula is C14H9ClN2O2. The third-order valence-electron chi connectivity index (χ3n) is 2.46. The van der Waals surface area contributed by atoms with Crippen molar-refractivity contribution in [1.82, 2.24) is 0 Å². The minimum absolute atomic E-state index is 0.0790. The molecule has 0 spiro atoms. The number of hydrogen-bond acceptors (Lipinski definition) is 3. The molecule has 0 aromatic heterocycles. The average Bonchev–Trinajstić information content (AvgIpc) is 2.42. The molecule has 0 radical (unpaired) electrons. The number of rotatable bonds is 2. The number of aromatic hydroxyl groups is 1. The van der Waals surface area contributed by atoms with Gasteiger partial charge in [0.25, 0.3) is 5.91 Å². The van der Waals surface area contributed by atoms with Crippen LogP contribution in [-0.4, -0.2) is 11.0 Å². The molecule has 2 N–H and O–H groups in total. The third-order valence-corrected chi connectivity index (χ3v) is 2.76. The first-order valence-electron chi connectivity index (χ1n) is 5.40. The molecule has 0 heterocycles. The first-order valence-corrected chi connectivity index (χ1v) is 5.78. The summed E-state index contributed by atoms with van der Waals surface area (Å²) in [5.74, 6) is -0.443. The number of phenols is 1. The first-order chi connectivity index (χ1) is 9.10. The van der Waals surface area contributed by atoms with Gasteiger partial charge in [-0.1, -0.05) is 17.7 Å². The van der Waals surface area contributed by atoms with E-state index in [0.29, 0.717) is 16.8 Å². The molecule has 1 amide bonds. The van der Waals surface area contributed by atoms with Gasteiger partial charge in [0.15, 0.2) is 0 Å². The lowest BCUT2D eigenvalue weighted by atomic mass is 10.2. The van der Waals surface area contributed by atoms with Crippen molar-refractivity contribution in [2.24, 2.45) is 0 Å². The van der Waals surface area contributed by atoms with Crippen molar-refractivity contribution >= 4 is 23.2 Å². The van der Waals surface area contributed by atoms with E-state index in [4.69, 9.17) is 16.9 Å². The van der Waals surface area contributed by atoms with E-state index < -0.39 is 0 Å². The smallest absolute Gasteiger partial charge is 0.255 e. The Balaban J connectivity index is 2.21. The molecule has 0 fully saturated rings. The van der Waals surface area contributed by atoms with Gasteiger partial charge in [0, 0.05) is 11.3 Å². The van der Waals surface area contributed by atoms with Gasteiger partial charge in [-0.25, -0.2) is 0 Å². The van der Waals surface area contributed by atoms with Crippen molar-refractivity contribution in [3.8, 4) is 11.8 Å². The van der Waals surface area contributed by atoms with Crippen molar-refractivity contribution in [3.05, 3.63) is 58.6 Å². The van der Waals surface area contributed by atoms with Crippen LogP contribution < -0.4 is 5.32 Å². The maximum absolute atomic E-state index is 11.9. The summed E-state index contributed by atoms with van der Waals surface area (Å²) in [6.45, 7) is 0. The summed E-state index contributed by atoms with van der Waals surface area (Å²) in [7, 11) is 0. The number of hydrogen-bond donors (Lipinski definition) is 2. The highest BCUT2D eigenvalue weighted by atomic mass is 35.5. The number of anilines is 1. The summed E-state index contributed by atoms with van der Waals surface area (Å²) in [5.41, 5.74) is 1.31. The Morgan fingerprint density at radius 3 is 2.74 bits per heavy atom. The van der Waals surface area contributed by atoms with Crippen LogP contribution in [0.25, 0.3) is 0 Å². The number of carbonyl (C=O) groups excluding carboxylic acids is 1. The van der Waals surface area contributed by atoms with E-state index in [1.807, 2.05) is 6.07 Å². The fourth-order valence-corrected chi connectivity index (χ4v) is 1.70. The maximum Gasteiger partial charge on any atom is 0.255 e. The van der Waals surface area contributed by atoms with Gasteiger partial charge in [-0.05, 0) is 36.4 Å². The summed E-state index contributed by atoms with van der Waals surface area (Å²) in [4.78, 5) is 11.9. The summed E-state index contributed by atoms with van der Waals surface area (Å²) in [5, 5.41) is 20.8. The van der Waals surface area contributed by atoms with Crippen molar-refractivity contribution in [2.75, 3.05) is 5.32 Å². The van der Waals surface area contributed by atoms with Crippen LogP contribution in [0.15, 0.2) is 42.5 Å². The second-order valence-corrected chi connectivity index (χ2v) is 4.22. The first kappa shape index (κ1) is 12.9. The number of phenolic OH excluding ortho intramolecular Hbond substituents is 1. The Labute approximate surface area is 114 Å². The zero-order valence-electron chi connectivity index (χ0n) is 9.72. The van der Waals surface area contributed by atoms with Crippen LogP contribution in [0.2, 0.25) is 5.02 Å². The lowest BCUT2D eigenvalue weighted by molar-refractivity contribution is 0.102. The zero-order chi connectivity index (χ0) is 13.8. The third kappa shape index (κ3) is 3.03. The molecule has 0 unspecified atom stereocenters. The van der Waals surface area contributed by atoms with Crippen LogP contribution in [0.4, 0.5) is 5.69 Å². The second-order valence-electron chi connectivity index (χ2n) is 3.81. The molecule has 0 atom stereocenters. The largest absolute Gasteiger partial charge is 0.506 e. The van der Waals surface area contributed by atoms with Gasteiger partial charge in [-0.15, -0.1) is 0 Å². The Morgan fingerprint density at radius 1 is 1.26 bits per heavy atom. The normalized spacial score (nSPS) is 9.68. The monoisotopic (exact) mass is 272 g/mol. The van der Waals surface area contributed by atoms with Crippen molar-refractivity contribution < 1.29 is 9.90 Å². The molecular weight excluding hydrogens is 264 g/mol. The fraction of sp³-hybridized carbons (Fsp3) is 0. The number of amides is 1. The van der Waals surface area contributed by atoms with Crippen LogP contribution in [0, 0.1) is 11.3 Å². The van der Waals surface area contributed by atoms with Crippen LogP contribution in [0.3, 0.4) is 0 Å². The van der Waals surface area contributed by atoms with Crippen molar-refractivity contribution in [3.63, 3.8) is 0 Å². The van der Waals surface area contributed by atoms with Gasteiger partial charge < -0.3 is 10.4 Å². The molecule has 0 saturated heterocycles. The molecule has 5 heteroatoms. The molecule has 0 saturated carbocycles. The Kier molecular flexibility index (Phi) is 3.69. The maximum atomic E-state index is 11.9. The summed E-state index contributed by atoms with van der Waals surface area (Å²) in [6.07, 6.45) is 0. The van der Waals surface area contributed by atoms with Gasteiger partial charge in [0.1, 0.15) is 5.75 Å². The molecule has 2 rings (SSSR count). The van der Waals surface area contributed by atoms with E-state index in [2.05, 4.69) is 5.32 Å². The van der Waals surface area contributed by atoms with E-state index in [1.165, 1.54) is 18.2 Å². The summed E-state index contributed by atoms with van der Waals surface area (Å²) >= 11 is 5.74. The number of halogens is 1. The minimum atomic E-state index is -0.364. The number of benzene rings is 2. The molecule has 4 nitrogen and oxygen atoms in total. The highest BCUT2D eigenvalue weighted by Crippen LogP contribution is 2.24. The van der Waals surface area contributed by atoms with E-state index in [-0.39, 0.29) is 16.7 Å². The lowest BCUT2D eigenvalue weighted by Gasteiger charge is -2.06. The Hall–Kier alpha value is -2.51. The molecule has 0 aliphatic heterocycles. The van der Waals surface area contributed by atoms with Gasteiger partial charge in [0.2, 0.25) is 0 Å². The Morgan fingerprint density at radius 2 is 2.05 bits per heavy atom. The lowest BCUT2D eigenvalue weighted by Crippen LogP contribution is -2.11. The molecule has 0 bridgehead atoms. The van der Waals surface area contributed by atoms with Gasteiger partial charge >= 0.3 is 0 Å². The van der Waals surface area contributed by atoms with Gasteiger partial charge in [-0.3, -0.25) is 4.79 Å². The standard InChI is InChI=1S/C14H9ClN2O2/c15-12-7-10(4-5-13(12)18)14(19)17-11-3-1-2-9(6-11)8-16/h1-7,18H,(H,17,19). The van der Waals surface area contributed by atoms with Crippen molar-refractivity contribution in [1.29, 1.82) is 5.26 Å². The van der Waals surface area contributed by atoms with Crippen LogP contribution in [0.1, 0.15) is 15.9 Å². The number of nitriles is 1. The van der Waals surface area contributed by atoms with E-state index >= 15 is 0 Å². The second kappa shape index (κ2) is 5.42.